The number of benzene rings is 1. The Morgan fingerprint density at radius 3 is 2.58 bits per heavy atom. The molecule has 0 saturated heterocycles. The third kappa shape index (κ3) is 2.60. The maximum absolute atomic E-state index is 12.3. The third-order valence-corrected chi connectivity index (χ3v) is 3.92. The van der Waals surface area contributed by atoms with Gasteiger partial charge in [-0.3, -0.25) is 19.3 Å². The highest BCUT2D eigenvalue weighted by molar-refractivity contribution is 5.93. The number of hydrogen-bond acceptors (Lipinski definition) is 4. The van der Waals surface area contributed by atoms with E-state index >= 15 is 0 Å². The van der Waals surface area contributed by atoms with Crippen molar-refractivity contribution in [2.45, 2.75) is 26.2 Å². The smallest absolute Gasteiger partial charge is 0.332 e. The number of H-pyrrole nitrogens is 1. The number of nitrogens with zero attached hydrogens (tertiary/aromatic N) is 2. The van der Waals surface area contributed by atoms with Gasteiger partial charge in [0.05, 0.1) is 12.8 Å². The van der Waals surface area contributed by atoms with Crippen LogP contribution in [-0.4, -0.2) is 21.6 Å². The maximum Gasteiger partial charge on any atom is 0.332 e. The van der Waals surface area contributed by atoms with E-state index in [0.29, 0.717) is 17.0 Å². The molecule has 0 fully saturated rings. The average molecular weight is 325 g/mol. The Hall–Kier alpha value is -2.89. The van der Waals surface area contributed by atoms with Crippen molar-refractivity contribution in [3.05, 3.63) is 63.1 Å². The Morgan fingerprint density at radius 2 is 1.96 bits per heavy atom. The number of pyridine rings is 1. The lowest BCUT2D eigenvalue weighted by atomic mass is 9.85. The number of methoxy groups -OCH3 is 1. The molecule has 124 valence electrons. The molecular formula is C18H19N3O3. The first-order valence-corrected chi connectivity index (χ1v) is 7.61. The van der Waals surface area contributed by atoms with E-state index in [1.807, 2.05) is 12.1 Å². The Kier molecular flexibility index (Phi) is 3.75. The number of ether oxygens (including phenoxy) is 1. The van der Waals surface area contributed by atoms with Crippen LogP contribution in [0.3, 0.4) is 0 Å². The first-order valence-electron chi connectivity index (χ1n) is 7.61. The van der Waals surface area contributed by atoms with Gasteiger partial charge in [0.15, 0.2) is 0 Å². The lowest BCUT2D eigenvalue weighted by Gasteiger charge is -2.24. The van der Waals surface area contributed by atoms with Gasteiger partial charge in [0, 0.05) is 29.4 Å². The van der Waals surface area contributed by atoms with Gasteiger partial charge in [-0.2, -0.15) is 0 Å². The molecule has 2 heterocycles. The monoisotopic (exact) mass is 325 g/mol. The first kappa shape index (κ1) is 16.0. The quantitative estimate of drug-likeness (QED) is 0.785. The number of nitrogens with one attached hydrogen (secondary N) is 1. The van der Waals surface area contributed by atoms with Crippen LogP contribution in [0.4, 0.5) is 0 Å². The summed E-state index contributed by atoms with van der Waals surface area (Å²) < 4.78 is 7.03. The predicted molar refractivity (Wildman–Crippen MR) is 93.2 cm³/mol. The zero-order chi connectivity index (χ0) is 17.5. The van der Waals surface area contributed by atoms with Crippen LogP contribution < -0.4 is 16.0 Å². The van der Waals surface area contributed by atoms with Gasteiger partial charge in [-0.15, -0.1) is 0 Å². The van der Waals surface area contributed by atoms with Crippen molar-refractivity contribution in [1.29, 1.82) is 0 Å². The number of aromatic amines is 1. The molecule has 0 saturated carbocycles. The molecule has 0 radical (unpaired) electrons. The largest absolute Gasteiger partial charge is 0.494 e. The highest BCUT2D eigenvalue weighted by Gasteiger charge is 2.24. The van der Waals surface area contributed by atoms with Crippen LogP contribution in [0.2, 0.25) is 0 Å². The Morgan fingerprint density at radius 1 is 1.21 bits per heavy atom. The molecule has 0 aliphatic rings. The highest BCUT2D eigenvalue weighted by atomic mass is 16.5. The fourth-order valence-corrected chi connectivity index (χ4v) is 2.77. The maximum atomic E-state index is 12.3. The summed E-state index contributed by atoms with van der Waals surface area (Å²) in [5.41, 5.74) is 1.15. The molecule has 2 aromatic heterocycles. The molecule has 0 unspecified atom stereocenters. The fourth-order valence-electron chi connectivity index (χ4n) is 2.77. The summed E-state index contributed by atoms with van der Waals surface area (Å²) in [6.07, 6.45) is 3.17. The first-order chi connectivity index (χ1) is 11.3. The van der Waals surface area contributed by atoms with Crippen LogP contribution in [0.1, 0.15) is 26.3 Å². The summed E-state index contributed by atoms with van der Waals surface area (Å²) in [4.78, 5) is 30.4. The zero-order valence-corrected chi connectivity index (χ0v) is 14.1. The number of hydrogen-bond donors (Lipinski definition) is 1. The van der Waals surface area contributed by atoms with Gasteiger partial charge in [-0.1, -0.05) is 20.8 Å². The number of rotatable bonds is 2. The number of fused-ring (bicyclic) bond motifs is 1. The molecule has 0 aliphatic carbocycles. The molecular weight excluding hydrogens is 306 g/mol. The lowest BCUT2D eigenvalue weighted by Crippen LogP contribution is -2.28. The van der Waals surface area contributed by atoms with Crippen molar-refractivity contribution >= 4 is 10.9 Å². The second kappa shape index (κ2) is 5.63. The molecule has 6 heteroatoms. The topological polar surface area (TPSA) is 77.0 Å². The molecule has 0 atom stereocenters. The van der Waals surface area contributed by atoms with Crippen molar-refractivity contribution in [2.24, 2.45) is 0 Å². The Bertz CT molecular complexity index is 1030. The fraction of sp³-hybridized carbons (Fsp3) is 0.278. The number of aromatic nitrogens is 3. The minimum atomic E-state index is -0.488. The van der Waals surface area contributed by atoms with Crippen molar-refractivity contribution in [3.8, 4) is 11.4 Å². The van der Waals surface area contributed by atoms with E-state index < -0.39 is 11.2 Å². The van der Waals surface area contributed by atoms with E-state index in [1.54, 1.807) is 19.4 Å². The van der Waals surface area contributed by atoms with Crippen LogP contribution in [0.5, 0.6) is 5.75 Å². The van der Waals surface area contributed by atoms with E-state index in [9.17, 15) is 9.59 Å². The van der Waals surface area contributed by atoms with Crippen LogP contribution in [-0.2, 0) is 5.41 Å². The highest BCUT2D eigenvalue weighted by Crippen LogP contribution is 2.38. The van der Waals surface area contributed by atoms with Crippen molar-refractivity contribution in [1.82, 2.24) is 14.5 Å². The summed E-state index contributed by atoms with van der Waals surface area (Å²) >= 11 is 0. The summed E-state index contributed by atoms with van der Waals surface area (Å²) in [6, 6.07) is 6.93. The molecule has 1 aromatic carbocycles. The second-order valence-corrected chi connectivity index (χ2v) is 6.61. The summed E-state index contributed by atoms with van der Waals surface area (Å²) in [7, 11) is 1.62. The predicted octanol–water partition coefficient (Wildman–Crippen LogP) is 2.38. The second-order valence-electron chi connectivity index (χ2n) is 6.61. The standard InChI is InChI=1S/C18H19N3O3/c1-18(2,3)12-10-13(21-9-7-14(22)20-17(21)23)11-6-5-8-19-15(11)16(12)24-4/h5-10H,1-4H3,(H,20,22,23). The molecule has 3 aromatic rings. The van der Waals surface area contributed by atoms with Crippen molar-refractivity contribution in [3.63, 3.8) is 0 Å². The van der Waals surface area contributed by atoms with Gasteiger partial charge in [0.1, 0.15) is 11.3 Å². The Labute approximate surface area is 138 Å². The summed E-state index contributed by atoms with van der Waals surface area (Å²) in [6.45, 7) is 6.21. The van der Waals surface area contributed by atoms with Gasteiger partial charge >= 0.3 is 5.69 Å². The molecule has 6 nitrogen and oxygen atoms in total. The lowest BCUT2D eigenvalue weighted by molar-refractivity contribution is 0.401. The third-order valence-electron chi connectivity index (χ3n) is 3.92. The molecule has 0 spiro atoms. The van der Waals surface area contributed by atoms with E-state index in [4.69, 9.17) is 4.74 Å². The van der Waals surface area contributed by atoms with Gasteiger partial charge in [0.25, 0.3) is 5.56 Å². The van der Waals surface area contributed by atoms with Gasteiger partial charge < -0.3 is 4.74 Å². The van der Waals surface area contributed by atoms with Gasteiger partial charge in [-0.05, 0) is 23.6 Å². The molecule has 0 bridgehead atoms. The van der Waals surface area contributed by atoms with Crippen molar-refractivity contribution in [2.75, 3.05) is 7.11 Å². The van der Waals surface area contributed by atoms with Crippen LogP contribution in [0, 0.1) is 0 Å². The van der Waals surface area contributed by atoms with Gasteiger partial charge in [0.2, 0.25) is 0 Å². The summed E-state index contributed by atoms with van der Waals surface area (Å²) in [5.74, 6) is 0.694. The molecule has 0 amide bonds. The summed E-state index contributed by atoms with van der Waals surface area (Å²) in [5, 5.41) is 0.775. The van der Waals surface area contributed by atoms with Crippen LogP contribution >= 0.6 is 0 Å². The van der Waals surface area contributed by atoms with Gasteiger partial charge in [-0.25, -0.2) is 4.79 Å². The molecule has 0 aliphatic heterocycles. The minimum absolute atomic E-state index is 0.211. The van der Waals surface area contributed by atoms with Crippen LogP contribution in [0.15, 0.2) is 46.2 Å². The minimum Gasteiger partial charge on any atom is -0.494 e. The molecule has 24 heavy (non-hydrogen) atoms. The van der Waals surface area contributed by atoms with E-state index in [-0.39, 0.29) is 5.41 Å². The van der Waals surface area contributed by atoms with Crippen molar-refractivity contribution < 1.29 is 4.74 Å². The molecule has 3 rings (SSSR count). The zero-order valence-electron chi connectivity index (χ0n) is 14.1. The van der Waals surface area contributed by atoms with E-state index in [2.05, 4.69) is 30.7 Å². The Balaban J connectivity index is 2.48. The average Bonchev–Trinajstić information content (AvgIpc) is 2.53. The van der Waals surface area contributed by atoms with E-state index in [1.165, 1.54) is 16.8 Å². The molecule has 1 N–H and O–H groups in total. The van der Waals surface area contributed by atoms with E-state index in [0.717, 1.165) is 10.9 Å². The normalized spacial score (nSPS) is 11.7. The SMILES string of the molecule is COc1c(C(C)(C)C)cc(-n2ccc(=O)[nH]c2=O)c2cccnc12. The van der Waals surface area contributed by atoms with Crippen LogP contribution in [0.25, 0.3) is 16.6 Å².